The van der Waals surface area contributed by atoms with Crippen LogP contribution in [0.5, 0.6) is 5.75 Å². The second-order valence-corrected chi connectivity index (χ2v) is 9.72. The van der Waals surface area contributed by atoms with E-state index >= 15 is 0 Å². The highest BCUT2D eigenvalue weighted by atomic mass is 16.3. The lowest BCUT2D eigenvalue weighted by molar-refractivity contribution is 0.112. The van der Waals surface area contributed by atoms with Crippen LogP contribution in [0.15, 0.2) is 65.8 Å². The Labute approximate surface area is 229 Å². The molecule has 0 amide bonds. The molecule has 5 N–H and O–H groups in total. The molecular formula is C33H47N3O2. The number of allylic oxidation sites excluding steroid dienone is 7. The van der Waals surface area contributed by atoms with E-state index in [0.717, 1.165) is 57.7 Å². The number of aromatic nitrogens is 1. The molecule has 1 atom stereocenters. The van der Waals surface area contributed by atoms with Gasteiger partial charge in [0.2, 0.25) is 0 Å². The number of phenols is 1. The summed E-state index contributed by atoms with van der Waals surface area (Å²) in [5, 5.41) is 11.8. The summed E-state index contributed by atoms with van der Waals surface area (Å²) in [5.74, 6) is 1.32. The number of anilines is 1. The summed E-state index contributed by atoms with van der Waals surface area (Å²) in [5.41, 5.74) is 16.4. The van der Waals surface area contributed by atoms with Crippen molar-refractivity contribution in [3.05, 3.63) is 87.5 Å². The first kappa shape index (κ1) is 32.5. The standard InChI is InChI=1S/C32H42N2O2.CH5N/c1-9-11-28-29(20-35)32(33)34(31-19-27(36)16-13-24(31)7)30(28)17-14-23(6)26(15-12-22(5)10-2)18-25(8)21(3)4;1-2/h11-22,36H,8-10,33H2,1-7H3;2H2,1H3/b15-12-,23-14+,26-18+,28-11+,30-17+;. The number of carbonyl (C=O) groups is 1. The Kier molecular flexibility index (Phi) is 13.3. The van der Waals surface area contributed by atoms with Gasteiger partial charge in [-0.3, -0.25) is 9.36 Å². The molecule has 0 aliphatic carbocycles. The van der Waals surface area contributed by atoms with Gasteiger partial charge < -0.3 is 16.6 Å². The molecule has 2 rings (SSSR count). The van der Waals surface area contributed by atoms with E-state index in [4.69, 9.17) is 5.73 Å². The van der Waals surface area contributed by atoms with E-state index in [9.17, 15) is 9.90 Å². The average molecular weight is 518 g/mol. The van der Waals surface area contributed by atoms with Gasteiger partial charge >= 0.3 is 0 Å². The van der Waals surface area contributed by atoms with Crippen LogP contribution in [0, 0.1) is 18.8 Å². The molecule has 1 aromatic carbocycles. The first-order valence-electron chi connectivity index (χ1n) is 13.4. The van der Waals surface area contributed by atoms with Crippen LogP contribution >= 0.6 is 0 Å². The number of hydrogen-bond acceptors (Lipinski definition) is 4. The van der Waals surface area contributed by atoms with E-state index in [1.807, 2.05) is 36.6 Å². The smallest absolute Gasteiger partial charge is 0.154 e. The van der Waals surface area contributed by atoms with E-state index in [0.29, 0.717) is 23.2 Å². The minimum atomic E-state index is 0.141. The molecule has 5 nitrogen and oxygen atoms in total. The minimum absolute atomic E-state index is 0.141. The van der Waals surface area contributed by atoms with E-state index < -0.39 is 0 Å². The Balaban J connectivity index is 0.00000352. The second-order valence-electron chi connectivity index (χ2n) is 9.72. The third-order valence-corrected chi connectivity index (χ3v) is 6.56. The second kappa shape index (κ2) is 15.6. The molecule has 0 aliphatic heterocycles. The highest BCUT2D eigenvalue weighted by Gasteiger charge is 2.15. The zero-order chi connectivity index (χ0) is 29.0. The maximum Gasteiger partial charge on any atom is 0.154 e. The number of nitrogens with zero attached hydrogens (tertiary/aromatic N) is 1. The summed E-state index contributed by atoms with van der Waals surface area (Å²) in [4.78, 5) is 12.1. The van der Waals surface area contributed by atoms with Gasteiger partial charge in [-0.1, -0.05) is 89.6 Å². The molecule has 1 aromatic heterocycles. The van der Waals surface area contributed by atoms with Crippen molar-refractivity contribution in [1.82, 2.24) is 4.57 Å². The molecule has 0 spiro atoms. The van der Waals surface area contributed by atoms with Gasteiger partial charge in [-0.2, -0.15) is 0 Å². The van der Waals surface area contributed by atoms with Crippen LogP contribution in [0.2, 0.25) is 0 Å². The normalized spacial score (nSPS) is 14.2. The van der Waals surface area contributed by atoms with Crippen molar-refractivity contribution in [3.63, 3.8) is 0 Å². The predicted octanol–water partition coefficient (Wildman–Crippen LogP) is 6.12. The van der Waals surface area contributed by atoms with E-state index in [2.05, 4.69) is 71.2 Å². The molecule has 0 saturated heterocycles. The fourth-order valence-corrected chi connectivity index (χ4v) is 3.82. The van der Waals surface area contributed by atoms with Gasteiger partial charge in [0.25, 0.3) is 0 Å². The molecule has 1 heterocycles. The molecule has 38 heavy (non-hydrogen) atoms. The fraction of sp³-hybridized carbons (Fsp3) is 0.364. The lowest BCUT2D eigenvalue weighted by Crippen LogP contribution is -2.30. The first-order chi connectivity index (χ1) is 18.0. The lowest BCUT2D eigenvalue weighted by Gasteiger charge is -2.11. The first-order valence-corrected chi connectivity index (χ1v) is 13.4. The van der Waals surface area contributed by atoms with Crippen molar-refractivity contribution >= 4 is 24.3 Å². The number of benzene rings is 1. The Morgan fingerprint density at radius 1 is 1.18 bits per heavy atom. The topological polar surface area (TPSA) is 94.3 Å². The number of phenolic OH excluding ortho intramolecular Hbond substituents is 1. The van der Waals surface area contributed by atoms with Crippen LogP contribution in [0.4, 0.5) is 5.82 Å². The number of nitrogens with two attached hydrogens (primary N) is 2. The van der Waals surface area contributed by atoms with Crippen LogP contribution in [0.3, 0.4) is 0 Å². The third kappa shape index (κ3) is 8.22. The molecule has 1 unspecified atom stereocenters. The van der Waals surface area contributed by atoms with Gasteiger partial charge in [0, 0.05) is 11.3 Å². The van der Waals surface area contributed by atoms with Crippen molar-refractivity contribution in [1.29, 1.82) is 0 Å². The van der Waals surface area contributed by atoms with Crippen LogP contribution in [-0.4, -0.2) is 23.0 Å². The van der Waals surface area contributed by atoms with Crippen molar-refractivity contribution < 1.29 is 9.90 Å². The molecule has 2 aromatic rings. The molecule has 0 saturated carbocycles. The van der Waals surface area contributed by atoms with Gasteiger partial charge in [-0.15, -0.1) is 0 Å². The van der Waals surface area contributed by atoms with Crippen LogP contribution < -0.4 is 22.0 Å². The van der Waals surface area contributed by atoms with E-state index in [-0.39, 0.29) is 5.75 Å². The highest BCUT2D eigenvalue weighted by Crippen LogP contribution is 2.23. The Hall–Kier alpha value is -3.57. The quantitative estimate of drug-likeness (QED) is 0.261. The largest absolute Gasteiger partial charge is 0.508 e. The van der Waals surface area contributed by atoms with E-state index in [1.54, 1.807) is 12.1 Å². The number of aromatic hydroxyl groups is 1. The number of nitrogen functional groups attached to an aromatic ring is 1. The van der Waals surface area contributed by atoms with Gasteiger partial charge in [0.1, 0.15) is 11.6 Å². The SMILES string of the molecule is C=C(/C=C(\C=C/C(C)CC)C(/C)=C/C=c1\c(=C\CC)c(C=O)c(N)n1-c1cc(O)ccc1C)C(C)C.CN. The Morgan fingerprint density at radius 3 is 2.39 bits per heavy atom. The summed E-state index contributed by atoms with van der Waals surface area (Å²) in [6.45, 7) is 19.0. The van der Waals surface area contributed by atoms with Crippen molar-refractivity contribution in [2.45, 2.75) is 61.3 Å². The van der Waals surface area contributed by atoms with Gasteiger partial charge in [0.05, 0.1) is 16.6 Å². The average Bonchev–Trinajstić information content (AvgIpc) is 3.16. The summed E-state index contributed by atoms with van der Waals surface area (Å²) in [6.07, 6.45) is 15.3. The Bertz CT molecular complexity index is 1320. The molecule has 0 bridgehead atoms. The van der Waals surface area contributed by atoms with Crippen molar-refractivity contribution in [2.24, 2.45) is 17.6 Å². The monoisotopic (exact) mass is 517 g/mol. The molecule has 0 aliphatic rings. The van der Waals surface area contributed by atoms with Crippen LogP contribution in [-0.2, 0) is 0 Å². The van der Waals surface area contributed by atoms with Crippen molar-refractivity contribution in [3.8, 4) is 11.4 Å². The Morgan fingerprint density at radius 2 is 1.84 bits per heavy atom. The fourth-order valence-electron chi connectivity index (χ4n) is 3.82. The molecule has 206 valence electrons. The number of hydrogen-bond donors (Lipinski definition) is 3. The summed E-state index contributed by atoms with van der Waals surface area (Å²) in [7, 11) is 1.50. The van der Waals surface area contributed by atoms with Crippen LogP contribution in [0.25, 0.3) is 17.8 Å². The molecule has 5 heteroatoms. The minimum Gasteiger partial charge on any atom is -0.508 e. The molecule has 0 fully saturated rings. The van der Waals surface area contributed by atoms with Crippen LogP contribution in [0.1, 0.15) is 70.3 Å². The highest BCUT2D eigenvalue weighted by molar-refractivity contribution is 5.84. The zero-order valence-corrected chi connectivity index (χ0v) is 24.5. The number of rotatable bonds is 10. The summed E-state index contributed by atoms with van der Waals surface area (Å²) >= 11 is 0. The number of aryl methyl sites for hydroxylation is 1. The zero-order valence-electron chi connectivity index (χ0n) is 24.5. The van der Waals surface area contributed by atoms with Gasteiger partial charge in [-0.05, 0) is 68.0 Å². The van der Waals surface area contributed by atoms with Crippen molar-refractivity contribution in [2.75, 3.05) is 12.8 Å². The number of aldehydes is 1. The molecule has 0 radical (unpaired) electrons. The lowest BCUT2D eigenvalue weighted by atomic mass is 9.97. The summed E-state index contributed by atoms with van der Waals surface area (Å²) < 4.78 is 1.86. The van der Waals surface area contributed by atoms with Gasteiger partial charge in [-0.25, -0.2) is 0 Å². The third-order valence-electron chi connectivity index (χ3n) is 6.56. The molecular weight excluding hydrogens is 470 g/mol. The van der Waals surface area contributed by atoms with Gasteiger partial charge in [0.15, 0.2) is 6.29 Å². The maximum atomic E-state index is 12.1. The predicted molar refractivity (Wildman–Crippen MR) is 165 cm³/mol. The maximum absolute atomic E-state index is 12.1. The summed E-state index contributed by atoms with van der Waals surface area (Å²) in [6, 6.07) is 5.17. The van der Waals surface area contributed by atoms with E-state index in [1.165, 1.54) is 7.05 Å². The number of carbonyl (C=O) groups excluding carboxylic acids is 1.